The molecule has 0 spiro atoms. The van der Waals surface area contributed by atoms with E-state index < -0.39 is 4.92 Å². The molecular weight excluding hydrogens is 248 g/mol. The van der Waals surface area contributed by atoms with Crippen LogP contribution in [0.5, 0.6) is 0 Å². The van der Waals surface area contributed by atoms with Crippen LogP contribution >= 0.6 is 0 Å². The zero-order valence-electron chi connectivity index (χ0n) is 10.3. The molecule has 1 aliphatic rings. The molecule has 0 unspecified atom stereocenters. The minimum Gasteiger partial charge on any atom is -0.424 e. The molecule has 7 nitrogen and oxygen atoms in total. The normalized spacial score (nSPS) is 18.8. The van der Waals surface area contributed by atoms with Gasteiger partial charge in [-0.05, 0) is 31.5 Å². The van der Waals surface area contributed by atoms with Crippen molar-refractivity contribution in [2.75, 3.05) is 25.0 Å². The summed E-state index contributed by atoms with van der Waals surface area (Å²) in [5.41, 5.74) is 1.08. The van der Waals surface area contributed by atoms with Gasteiger partial charge >= 0.3 is 0 Å². The van der Waals surface area contributed by atoms with Gasteiger partial charge in [0.25, 0.3) is 11.7 Å². The first kappa shape index (κ1) is 11.9. The minimum absolute atomic E-state index is 0.0207. The van der Waals surface area contributed by atoms with Crippen molar-refractivity contribution in [3.05, 3.63) is 28.3 Å². The Morgan fingerprint density at radius 3 is 3.21 bits per heavy atom. The Hall–Kier alpha value is -2.15. The summed E-state index contributed by atoms with van der Waals surface area (Å²) < 4.78 is 5.50. The third-order valence-electron chi connectivity index (χ3n) is 3.29. The van der Waals surface area contributed by atoms with Crippen molar-refractivity contribution in [3.63, 3.8) is 0 Å². The van der Waals surface area contributed by atoms with Crippen LogP contribution in [0.1, 0.15) is 6.42 Å². The summed E-state index contributed by atoms with van der Waals surface area (Å²) in [5.74, 6) is 0.573. The Morgan fingerprint density at radius 2 is 2.47 bits per heavy atom. The summed E-state index contributed by atoms with van der Waals surface area (Å²) in [6.07, 6.45) is 1.14. The number of nitro benzene ring substituents is 1. The Balaban J connectivity index is 1.75. The van der Waals surface area contributed by atoms with Crippen LogP contribution in [0.3, 0.4) is 0 Å². The van der Waals surface area contributed by atoms with Gasteiger partial charge in [-0.25, -0.2) is 0 Å². The van der Waals surface area contributed by atoms with E-state index in [9.17, 15) is 10.1 Å². The van der Waals surface area contributed by atoms with E-state index in [1.165, 1.54) is 12.1 Å². The molecule has 1 saturated heterocycles. The Kier molecular flexibility index (Phi) is 3.04. The van der Waals surface area contributed by atoms with E-state index in [1.54, 1.807) is 6.07 Å². The quantitative estimate of drug-likeness (QED) is 0.644. The summed E-state index contributed by atoms with van der Waals surface area (Å²) in [6, 6.07) is 4.82. The number of aromatic nitrogens is 1. The molecule has 0 radical (unpaired) electrons. The third kappa shape index (κ3) is 2.50. The lowest BCUT2D eigenvalue weighted by Crippen LogP contribution is -2.17. The van der Waals surface area contributed by atoms with Crippen molar-refractivity contribution < 1.29 is 9.34 Å². The largest absolute Gasteiger partial charge is 0.424 e. The van der Waals surface area contributed by atoms with Gasteiger partial charge in [-0.2, -0.15) is 4.98 Å². The minimum atomic E-state index is -0.439. The van der Waals surface area contributed by atoms with Crippen LogP contribution in [0.25, 0.3) is 11.1 Å². The molecule has 1 atom stereocenters. The second-order valence-electron chi connectivity index (χ2n) is 4.67. The van der Waals surface area contributed by atoms with E-state index in [1.807, 2.05) is 0 Å². The summed E-state index contributed by atoms with van der Waals surface area (Å²) in [4.78, 5) is 14.5. The monoisotopic (exact) mass is 262 g/mol. The summed E-state index contributed by atoms with van der Waals surface area (Å²) in [5, 5.41) is 17.1. The Bertz CT molecular complexity index is 604. The first-order valence-electron chi connectivity index (χ1n) is 6.22. The molecule has 1 aromatic carbocycles. The van der Waals surface area contributed by atoms with Gasteiger partial charge in [-0.3, -0.25) is 10.1 Å². The molecule has 2 heterocycles. The molecule has 1 aromatic heterocycles. The van der Waals surface area contributed by atoms with E-state index in [4.69, 9.17) is 4.42 Å². The molecule has 0 aliphatic carbocycles. The van der Waals surface area contributed by atoms with E-state index in [0.717, 1.165) is 26.1 Å². The predicted octanol–water partition coefficient (Wildman–Crippen LogP) is 1.76. The van der Waals surface area contributed by atoms with Crippen molar-refractivity contribution in [2.45, 2.75) is 6.42 Å². The average molecular weight is 262 g/mol. The average Bonchev–Trinajstić information content (AvgIpc) is 3.04. The number of fused-ring (bicyclic) bond motifs is 1. The van der Waals surface area contributed by atoms with Gasteiger partial charge in [-0.1, -0.05) is 0 Å². The van der Waals surface area contributed by atoms with E-state index in [-0.39, 0.29) is 5.69 Å². The van der Waals surface area contributed by atoms with E-state index >= 15 is 0 Å². The van der Waals surface area contributed by atoms with Crippen molar-refractivity contribution in [2.24, 2.45) is 5.92 Å². The first-order chi connectivity index (χ1) is 9.22. The maximum atomic E-state index is 10.7. The topological polar surface area (TPSA) is 93.2 Å². The van der Waals surface area contributed by atoms with Crippen LogP contribution in [-0.4, -0.2) is 29.5 Å². The van der Waals surface area contributed by atoms with Crippen LogP contribution in [0, 0.1) is 16.0 Å². The number of nitro groups is 1. The highest BCUT2D eigenvalue weighted by atomic mass is 16.6. The number of hydrogen-bond donors (Lipinski definition) is 2. The second-order valence-corrected chi connectivity index (χ2v) is 4.67. The van der Waals surface area contributed by atoms with Gasteiger partial charge < -0.3 is 15.1 Å². The first-order valence-corrected chi connectivity index (χ1v) is 6.22. The van der Waals surface area contributed by atoms with Gasteiger partial charge in [0.15, 0.2) is 5.58 Å². The van der Waals surface area contributed by atoms with Gasteiger partial charge in [0.05, 0.1) is 4.92 Å². The smallest absolute Gasteiger partial charge is 0.295 e. The number of benzene rings is 1. The van der Waals surface area contributed by atoms with E-state index in [2.05, 4.69) is 15.6 Å². The lowest BCUT2D eigenvalue weighted by molar-refractivity contribution is -0.384. The molecule has 2 N–H and O–H groups in total. The molecule has 100 valence electrons. The molecule has 0 saturated carbocycles. The van der Waals surface area contributed by atoms with Crippen LogP contribution in [-0.2, 0) is 0 Å². The fraction of sp³-hybridized carbons (Fsp3) is 0.417. The zero-order chi connectivity index (χ0) is 13.2. The van der Waals surface area contributed by atoms with Crippen molar-refractivity contribution in [3.8, 4) is 0 Å². The summed E-state index contributed by atoms with van der Waals surface area (Å²) in [7, 11) is 0. The number of oxazole rings is 1. The molecule has 2 aromatic rings. The predicted molar refractivity (Wildman–Crippen MR) is 70.1 cm³/mol. The third-order valence-corrected chi connectivity index (χ3v) is 3.29. The molecule has 0 bridgehead atoms. The maximum Gasteiger partial charge on any atom is 0.295 e. The highest BCUT2D eigenvalue weighted by molar-refractivity contribution is 5.77. The standard InChI is InChI=1S/C12H14N4O3/c17-16(18)9-1-2-11-10(5-9)15-12(19-11)14-7-8-3-4-13-6-8/h1-2,5,8,13H,3-4,6-7H2,(H,14,15)/t8-/m0/s1. The van der Waals surface area contributed by atoms with Crippen molar-refractivity contribution >= 4 is 22.8 Å². The Morgan fingerprint density at radius 1 is 1.58 bits per heavy atom. The Labute approximate surface area is 109 Å². The fourth-order valence-electron chi connectivity index (χ4n) is 2.23. The van der Waals surface area contributed by atoms with Crippen molar-refractivity contribution in [1.29, 1.82) is 0 Å². The fourth-order valence-corrected chi connectivity index (χ4v) is 2.23. The van der Waals surface area contributed by atoms with Crippen LogP contribution in [0.15, 0.2) is 22.6 Å². The van der Waals surface area contributed by atoms with Gasteiger partial charge in [0.2, 0.25) is 0 Å². The molecule has 3 rings (SSSR count). The number of rotatable bonds is 4. The van der Waals surface area contributed by atoms with Crippen LogP contribution in [0.4, 0.5) is 11.7 Å². The highest BCUT2D eigenvalue weighted by Crippen LogP contribution is 2.23. The van der Waals surface area contributed by atoms with Gasteiger partial charge in [-0.15, -0.1) is 0 Å². The zero-order valence-corrected chi connectivity index (χ0v) is 10.3. The number of nitrogens with one attached hydrogen (secondary N) is 2. The van der Waals surface area contributed by atoms with Crippen molar-refractivity contribution in [1.82, 2.24) is 10.3 Å². The molecule has 7 heteroatoms. The molecule has 1 aliphatic heterocycles. The maximum absolute atomic E-state index is 10.7. The molecule has 0 amide bonds. The van der Waals surface area contributed by atoms with E-state index in [0.29, 0.717) is 23.0 Å². The van der Waals surface area contributed by atoms with Gasteiger partial charge in [0.1, 0.15) is 5.52 Å². The molecule has 1 fully saturated rings. The van der Waals surface area contributed by atoms with Crippen LogP contribution < -0.4 is 10.6 Å². The highest BCUT2D eigenvalue weighted by Gasteiger charge is 2.16. The van der Waals surface area contributed by atoms with Gasteiger partial charge in [0, 0.05) is 18.7 Å². The summed E-state index contributed by atoms with van der Waals surface area (Å²) >= 11 is 0. The SMILES string of the molecule is O=[N+]([O-])c1ccc2oc(NC[C@H]3CCNC3)nc2c1. The number of nitrogens with zero attached hydrogens (tertiary/aromatic N) is 2. The lowest BCUT2D eigenvalue weighted by atomic mass is 10.1. The second kappa shape index (κ2) is 4.85. The van der Waals surface area contributed by atoms with Crippen LogP contribution in [0.2, 0.25) is 0 Å². The number of non-ortho nitro benzene ring substituents is 1. The number of anilines is 1. The molecule has 19 heavy (non-hydrogen) atoms. The summed E-state index contributed by atoms with van der Waals surface area (Å²) in [6.45, 7) is 2.84. The lowest BCUT2D eigenvalue weighted by Gasteiger charge is -2.07. The number of hydrogen-bond acceptors (Lipinski definition) is 6. The molecular formula is C12H14N4O3.